The average Bonchev–Trinajstić information content (AvgIpc) is 3.06. The fourth-order valence-corrected chi connectivity index (χ4v) is 3.45. The molecule has 1 unspecified atom stereocenters. The number of carbonyl (C=O) groups excluding carboxylic acids is 1. The molecule has 130 valence electrons. The van der Waals surface area contributed by atoms with Gasteiger partial charge in [-0.05, 0) is 50.8 Å². The zero-order chi connectivity index (χ0) is 17.7. The molecule has 0 saturated carbocycles. The van der Waals surface area contributed by atoms with Gasteiger partial charge in [-0.3, -0.25) is 9.59 Å². The fraction of sp³-hybridized carbons (Fsp3) is 0.611. The van der Waals surface area contributed by atoms with E-state index in [9.17, 15) is 9.59 Å². The topological polar surface area (TPSA) is 89.0 Å². The lowest BCUT2D eigenvalue weighted by Crippen LogP contribution is -2.42. The monoisotopic (exact) mass is 330 g/mol. The highest BCUT2D eigenvalue weighted by atomic mass is 16.2. The Morgan fingerprint density at radius 2 is 2.17 bits per heavy atom. The minimum absolute atomic E-state index is 0.147. The van der Waals surface area contributed by atoms with Gasteiger partial charge in [0.1, 0.15) is 11.6 Å². The van der Waals surface area contributed by atoms with E-state index in [4.69, 9.17) is 5.26 Å². The first kappa shape index (κ1) is 18.2. The van der Waals surface area contributed by atoms with Gasteiger partial charge in [-0.2, -0.15) is 5.26 Å². The molecule has 0 radical (unpaired) electrons. The Labute approximate surface area is 142 Å². The molecule has 0 aliphatic carbocycles. The van der Waals surface area contributed by atoms with Crippen molar-refractivity contribution in [2.75, 3.05) is 19.6 Å². The Morgan fingerprint density at radius 3 is 2.75 bits per heavy atom. The molecular formula is C18H26N4O2. The summed E-state index contributed by atoms with van der Waals surface area (Å²) in [6.45, 7) is 8.28. The Hall–Kier alpha value is -2.13. The van der Waals surface area contributed by atoms with Gasteiger partial charge in [-0.1, -0.05) is 6.92 Å². The summed E-state index contributed by atoms with van der Waals surface area (Å²) < 4.78 is 0. The van der Waals surface area contributed by atoms with E-state index in [-0.39, 0.29) is 23.1 Å². The zero-order valence-corrected chi connectivity index (χ0v) is 14.7. The third-order valence-electron chi connectivity index (χ3n) is 4.77. The molecule has 1 saturated heterocycles. The van der Waals surface area contributed by atoms with Crippen LogP contribution in [-0.2, 0) is 11.2 Å². The first-order chi connectivity index (χ1) is 11.5. The maximum absolute atomic E-state index is 12.7. The van der Waals surface area contributed by atoms with Gasteiger partial charge in [0, 0.05) is 31.2 Å². The minimum atomic E-state index is -0.354. The normalized spacial score (nSPS) is 16.8. The van der Waals surface area contributed by atoms with Crippen LogP contribution in [0.1, 0.15) is 48.6 Å². The molecule has 6 heteroatoms. The summed E-state index contributed by atoms with van der Waals surface area (Å²) in [7, 11) is 0. The number of H-pyrrole nitrogens is 1. The van der Waals surface area contributed by atoms with E-state index in [1.54, 1.807) is 6.92 Å². The molecule has 0 spiro atoms. The Balaban J connectivity index is 2.13. The van der Waals surface area contributed by atoms with Gasteiger partial charge in [0.25, 0.3) is 5.56 Å². The molecule has 0 aromatic carbocycles. The lowest BCUT2D eigenvalue weighted by atomic mass is 9.98. The summed E-state index contributed by atoms with van der Waals surface area (Å²) in [6.07, 6.45) is 2.88. The molecule has 1 aromatic rings. The van der Waals surface area contributed by atoms with Gasteiger partial charge < -0.3 is 15.2 Å². The van der Waals surface area contributed by atoms with Crippen LogP contribution in [0.3, 0.4) is 0 Å². The molecular weight excluding hydrogens is 304 g/mol. The Morgan fingerprint density at radius 1 is 1.42 bits per heavy atom. The van der Waals surface area contributed by atoms with Crippen molar-refractivity contribution in [2.45, 2.75) is 52.5 Å². The van der Waals surface area contributed by atoms with E-state index in [1.807, 2.05) is 17.9 Å². The number of pyridine rings is 1. The predicted octanol–water partition coefficient (Wildman–Crippen LogP) is 1.40. The van der Waals surface area contributed by atoms with Crippen LogP contribution in [0, 0.1) is 25.2 Å². The highest BCUT2D eigenvalue weighted by molar-refractivity contribution is 5.77. The summed E-state index contributed by atoms with van der Waals surface area (Å²) in [6, 6.07) is 2.24. The first-order valence-corrected chi connectivity index (χ1v) is 8.62. The van der Waals surface area contributed by atoms with Crippen molar-refractivity contribution in [1.82, 2.24) is 15.2 Å². The van der Waals surface area contributed by atoms with E-state index in [2.05, 4.69) is 17.2 Å². The SMILES string of the molecule is CCCN(C(=O)CCc1c(C)[nH]c(=O)c(C#N)c1C)C1CCNC1. The van der Waals surface area contributed by atoms with Gasteiger partial charge in [-0.15, -0.1) is 0 Å². The van der Waals surface area contributed by atoms with Crippen LogP contribution in [0.4, 0.5) is 0 Å². The number of rotatable bonds is 6. The van der Waals surface area contributed by atoms with Crippen LogP contribution >= 0.6 is 0 Å². The van der Waals surface area contributed by atoms with Gasteiger partial charge >= 0.3 is 0 Å². The second kappa shape index (κ2) is 8.11. The van der Waals surface area contributed by atoms with Crippen molar-refractivity contribution in [2.24, 2.45) is 0 Å². The molecule has 6 nitrogen and oxygen atoms in total. The van der Waals surface area contributed by atoms with E-state index in [1.165, 1.54) is 0 Å². The van der Waals surface area contributed by atoms with Crippen LogP contribution in [0.15, 0.2) is 4.79 Å². The molecule has 1 aliphatic heterocycles. The lowest BCUT2D eigenvalue weighted by molar-refractivity contribution is -0.133. The number of aromatic nitrogens is 1. The van der Waals surface area contributed by atoms with E-state index in [0.29, 0.717) is 18.4 Å². The number of aryl methyl sites for hydroxylation is 1. The highest BCUT2D eigenvalue weighted by Crippen LogP contribution is 2.17. The molecule has 1 atom stereocenters. The van der Waals surface area contributed by atoms with Gasteiger partial charge in [0.15, 0.2) is 0 Å². The standard InChI is InChI=1S/C18H26N4O2/c1-4-9-22(14-7-8-20-11-14)17(23)6-5-15-12(2)16(10-19)18(24)21-13(15)3/h14,20H,4-9,11H2,1-3H3,(H,21,24). The quantitative estimate of drug-likeness (QED) is 0.825. The first-order valence-electron chi connectivity index (χ1n) is 8.62. The van der Waals surface area contributed by atoms with Crippen molar-refractivity contribution in [1.29, 1.82) is 5.26 Å². The van der Waals surface area contributed by atoms with Crippen molar-refractivity contribution in [3.8, 4) is 6.07 Å². The molecule has 2 rings (SSSR count). The average molecular weight is 330 g/mol. The maximum atomic E-state index is 12.7. The second-order valence-electron chi connectivity index (χ2n) is 6.40. The van der Waals surface area contributed by atoms with Crippen molar-refractivity contribution < 1.29 is 4.79 Å². The lowest BCUT2D eigenvalue weighted by Gasteiger charge is -2.28. The highest BCUT2D eigenvalue weighted by Gasteiger charge is 2.25. The van der Waals surface area contributed by atoms with Crippen LogP contribution < -0.4 is 10.9 Å². The number of amides is 1. The van der Waals surface area contributed by atoms with Crippen LogP contribution in [0.25, 0.3) is 0 Å². The van der Waals surface area contributed by atoms with Crippen LogP contribution in [0.2, 0.25) is 0 Å². The molecule has 1 aliphatic rings. The Bertz CT molecular complexity index is 696. The van der Waals surface area contributed by atoms with Crippen molar-refractivity contribution in [3.63, 3.8) is 0 Å². The van der Waals surface area contributed by atoms with E-state index < -0.39 is 0 Å². The van der Waals surface area contributed by atoms with E-state index in [0.717, 1.165) is 43.7 Å². The summed E-state index contributed by atoms with van der Waals surface area (Å²) in [5, 5.41) is 12.5. The van der Waals surface area contributed by atoms with Crippen LogP contribution in [0.5, 0.6) is 0 Å². The summed E-state index contributed by atoms with van der Waals surface area (Å²) in [5.41, 5.74) is 2.13. The number of hydrogen-bond donors (Lipinski definition) is 2. The summed E-state index contributed by atoms with van der Waals surface area (Å²) >= 11 is 0. The number of carbonyl (C=O) groups is 1. The molecule has 2 heterocycles. The number of nitriles is 1. The molecule has 0 bridgehead atoms. The smallest absolute Gasteiger partial charge is 0.266 e. The second-order valence-corrected chi connectivity index (χ2v) is 6.40. The predicted molar refractivity (Wildman–Crippen MR) is 92.9 cm³/mol. The molecule has 24 heavy (non-hydrogen) atoms. The maximum Gasteiger partial charge on any atom is 0.266 e. The Kier molecular flexibility index (Phi) is 6.16. The number of hydrogen-bond acceptors (Lipinski definition) is 4. The minimum Gasteiger partial charge on any atom is -0.338 e. The van der Waals surface area contributed by atoms with Gasteiger partial charge in [-0.25, -0.2) is 0 Å². The summed E-state index contributed by atoms with van der Waals surface area (Å²) in [4.78, 5) is 29.2. The molecule has 1 fully saturated rings. The van der Waals surface area contributed by atoms with Crippen molar-refractivity contribution in [3.05, 3.63) is 32.7 Å². The van der Waals surface area contributed by atoms with Gasteiger partial charge in [0.05, 0.1) is 0 Å². The van der Waals surface area contributed by atoms with Crippen molar-refractivity contribution >= 4 is 5.91 Å². The number of aromatic amines is 1. The van der Waals surface area contributed by atoms with Gasteiger partial charge in [0.2, 0.25) is 5.91 Å². The molecule has 1 aromatic heterocycles. The third kappa shape index (κ3) is 3.85. The fourth-order valence-electron chi connectivity index (χ4n) is 3.45. The third-order valence-corrected chi connectivity index (χ3v) is 4.77. The number of nitrogens with zero attached hydrogens (tertiary/aromatic N) is 2. The van der Waals surface area contributed by atoms with E-state index >= 15 is 0 Å². The molecule has 1 amide bonds. The molecule has 2 N–H and O–H groups in total. The number of nitrogens with one attached hydrogen (secondary N) is 2. The largest absolute Gasteiger partial charge is 0.338 e. The zero-order valence-electron chi connectivity index (χ0n) is 14.7. The summed E-state index contributed by atoms with van der Waals surface area (Å²) in [5.74, 6) is 0.147. The van der Waals surface area contributed by atoms with Crippen LogP contribution in [-0.4, -0.2) is 41.5 Å².